The number of hydrogen-bond donors (Lipinski definition) is 0. The molecule has 3 rings (SSSR count). The van der Waals surface area contributed by atoms with Gasteiger partial charge in [-0.2, -0.15) is 0 Å². The zero-order valence-corrected chi connectivity index (χ0v) is 9.44. The molecule has 0 unspecified atom stereocenters. The van der Waals surface area contributed by atoms with Gasteiger partial charge in [0.2, 0.25) is 0 Å². The summed E-state index contributed by atoms with van der Waals surface area (Å²) in [5.74, 6) is 1.56. The van der Waals surface area contributed by atoms with Crippen LogP contribution in [0.4, 0.5) is 0 Å². The van der Waals surface area contributed by atoms with E-state index in [9.17, 15) is 4.79 Å². The molecular weight excluding hydrogens is 224 g/mol. The molecule has 0 radical (unpaired) electrons. The molecule has 0 N–H and O–H groups in total. The first-order valence-corrected chi connectivity index (χ1v) is 5.80. The van der Waals surface area contributed by atoms with Gasteiger partial charge < -0.3 is 4.40 Å². The Hall–Kier alpha value is -1.35. The van der Waals surface area contributed by atoms with Crippen LogP contribution in [0.25, 0.3) is 5.52 Å². The summed E-state index contributed by atoms with van der Waals surface area (Å²) in [4.78, 5) is 15.1. The van der Waals surface area contributed by atoms with Crippen molar-refractivity contribution in [3.8, 4) is 0 Å². The molecule has 82 valence electrons. The average molecular weight is 235 g/mol. The Bertz CT molecular complexity index is 557. The molecule has 0 atom stereocenters. The van der Waals surface area contributed by atoms with Gasteiger partial charge in [0.25, 0.3) is 0 Å². The lowest BCUT2D eigenvalue weighted by molar-refractivity contribution is 0.112. The van der Waals surface area contributed by atoms with Crippen molar-refractivity contribution >= 4 is 23.4 Å². The molecule has 2 aromatic heterocycles. The van der Waals surface area contributed by atoms with Crippen molar-refractivity contribution in [2.75, 3.05) is 0 Å². The molecule has 0 bridgehead atoms. The van der Waals surface area contributed by atoms with Crippen LogP contribution in [0, 0.1) is 0 Å². The number of hydrogen-bond acceptors (Lipinski definition) is 2. The second-order valence-electron chi connectivity index (χ2n) is 4.22. The molecule has 3 nitrogen and oxygen atoms in total. The minimum absolute atomic E-state index is 0.491. The normalized spacial score (nSPS) is 16.3. The highest BCUT2D eigenvalue weighted by molar-refractivity contribution is 6.32. The lowest BCUT2D eigenvalue weighted by Crippen LogP contribution is -2.12. The summed E-state index contributed by atoms with van der Waals surface area (Å²) in [6.07, 6.45) is 6.34. The van der Waals surface area contributed by atoms with E-state index in [1.807, 2.05) is 10.6 Å². The first-order valence-electron chi connectivity index (χ1n) is 5.42. The largest absolute Gasteiger partial charge is 0.302 e. The van der Waals surface area contributed by atoms with Crippen LogP contribution >= 0.6 is 11.6 Å². The minimum Gasteiger partial charge on any atom is -0.302 e. The van der Waals surface area contributed by atoms with Crippen LogP contribution in [0.5, 0.6) is 0 Å². The maximum Gasteiger partial charge on any atom is 0.155 e. The van der Waals surface area contributed by atoms with Crippen LogP contribution in [0.3, 0.4) is 0 Å². The van der Waals surface area contributed by atoms with E-state index in [1.165, 1.54) is 19.3 Å². The van der Waals surface area contributed by atoms with Crippen LogP contribution < -0.4 is 0 Å². The molecule has 0 aromatic carbocycles. The van der Waals surface area contributed by atoms with E-state index in [0.29, 0.717) is 16.6 Å². The monoisotopic (exact) mass is 234 g/mol. The van der Waals surface area contributed by atoms with Crippen molar-refractivity contribution < 1.29 is 4.79 Å². The fourth-order valence-electron chi connectivity index (χ4n) is 2.11. The summed E-state index contributed by atoms with van der Waals surface area (Å²) in [6, 6.07) is 3.57. The Morgan fingerprint density at radius 2 is 2.31 bits per heavy atom. The molecule has 0 spiro atoms. The number of carbonyl (C=O) groups is 1. The molecule has 1 saturated carbocycles. The van der Waals surface area contributed by atoms with Gasteiger partial charge in [-0.1, -0.05) is 18.0 Å². The lowest BCUT2D eigenvalue weighted by Gasteiger charge is -2.23. The van der Waals surface area contributed by atoms with Gasteiger partial charge in [-0.05, 0) is 25.0 Å². The third kappa shape index (κ3) is 1.35. The number of carbonyl (C=O) groups excluding carboxylic acids is 1. The zero-order valence-electron chi connectivity index (χ0n) is 8.69. The van der Waals surface area contributed by atoms with Gasteiger partial charge in [0.1, 0.15) is 12.1 Å². The van der Waals surface area contributed by atoms with Gasteiger partial charge in [0.15, 0.2) is 5.15 Å². The van der Waals surface area contributed by atoms with Gasteiger partial charge in [-0.25, -0.2) is 4.98 Å². The first kappa shape index (κ1) is 9.85. The van der Waals surface area contributed by atoms with E-state index in [0.717, 1.165) is 17.6 Å². The molecule has 0 saturated heterocycles. The average Bonchev–Trinajstić information content (AvgIpc) is 2.54. The molecule has 1 fully saturated rings. The van der Waals surface area contributed by atoms with Crippen LogP contribution in [-0.4, -0.2) is 15.7 Å². The number of halogens is 1. The second-order valence-corrected chi connectivity index (χ2v) is 4.58. The fraction of sp³-hybridized carbons (Fsp3) is 0.333. The van der Waals surface area contributed by atoms with Crippen LogP contribution in [-0.2, 0) is 0 Å². The molecule has 0 amide bonds. The van der Waals surface area contributed by atoms with Crippen molar-refractivity contribution in [1.29, 1.82) is 0 Å². The quantitative estimate of drug-likeness (QED) is 0.749. The highest BCUT2D eigenvalue weighted by Gasteiger charge is 2.25. The Morgan fingerprint density at radius 3 is 2.94 bits per heavy atom. The topological polar surface area (TPSA) is 34.4 Å². The van der Waals surface area contributed by atoms with E-state index >= 15 is 0 Å². The molecule has 1 aliphatic rings. The molecule has 1 aliphatic carbocycles. The number of pyridine rings is 1. The van der Waals surface area contributed by atoms with Crippen molar-refractivity contribution in [1.82, 2.24) is 9.38 Å². The van der Waals surface area contributed by atoms with E-state index < -0.39 is 0 Å². The number of aromatic nitrogens is 2. The predicted molar refractivity (Wildman–Crippen MR) is 62.2 cm³/mol. The smallest absolute Gasteiger partial charge is 0.155 e. The molecular formula is C12H11ClN2O. The highest BCUT2D eigenvalue weighted by atomic mass is 35.5. The van der Waals surface area contributed by atoms with Gasteiger partial charge in [0.05, 0.1) is 5.52 Å². The number of aldehydes is 1. The summed E-state index contributed by atoms with van der Waals surface area (Å²) in [6.45, 7) is 0. The number of imidazole rings is 1. The van der Waals surface area contributed by atoms with Gasteiger partial charge in [0, 0.05) is 17.7 Å². The zero-order chi connectivity index (χ0) is 11.1. The summed E-state index contributed by atoms with van der Waals surface area (Å²) in [7, 11) is 0. The van der Waals surface area contributed by atoms with Crippen LogP contribution in [0.1, 0.15) is 41.4 Å². The van der Waals surface area contributed by atoms with Crippen LogP contribution in [0.15, 0.2) is 18.3 Å². The van der Waals surface area contributed by atoms with Crippen LogP contribution in [0.2, 0.25) is 5.15 Å². The molecule has 2 heterocycles. The third-order valence-electron chi connectivity index (χ3n) is 3.26. The molecule has 4 heteroatoms. The van der Waals surface area contributed by atoms with Gasteiger partial charge >= 0.3 is 0 Å². The Balaban J connectivity index is 2.20. The van der Waals surface area contributed by atoms with Gasteiger partial charge in [-0.3, -0.25) is 4.79 Å². The number of nitrogens with zero attached hydrogens (tertiary/aromatic N) is 2. The maximum atomic E-state index is 10.7. The summed E-state index contributed by atoms with van der Waals surface area (Å²) >= 11 is 6.08. The Labute approximate surface area is 98.1 Å². The van der Waals surface area contributed by atoms with Crippen molar-refractivity contribution in [3.63, 3.8) is 0 Å². The molecule has 16 heavy (non-hydrogen) atoms. The Morgan fingerprint density at radius 1 is 1.50 bits per heavy atom. The third-order valence-corrected chi connectivity index (χ3v) is 3.53. The van der Waals surface area contributed by atoms with Gasteiger partial charge in [-0.15, -0.1) is 0 Å². The molecule has 2 aromatic rings. The molecule has 0 aliphatic heterocycles. The fourth-order valence-corrected chi connectivity index (χ4v) is 2.35. The van der Waals surface area contributed by atoms with E-state index in [4.69, 9.17) is 11.6 Å². The predicted octanol–water partition coefficient (Wildman–Crippen LogP) is 3.07. The van der Waals surface area contributed by atoms with E-state index in [-0.39, 0.29) is 0 Å². The number of fused-ring (bicyclic) bond motifs is 1. The summed E-state index contributed by atoms with van der Waals surface area (Å²) in [5, 5.41) is 0.491. The van der Waals surface area contributed by atoms with Crippen molar-refractivity contribution in [3.05, 3.63) is 34.9 Å². The highest BCUT2D eigenvalue weighted by Crippen LogP contribution is 2.37. The SMILES string of the molecule is O=Cc1ccn2c(C3CCC3)nc(Cl)c2c1. The van der Waals surface area contributed by atoms with E-state index in [2.05, 4.69) is 4.98 Å². The minimum atomic E-state index is 0.491. The first-order chi connectivity index (χ1) is 7.79. The number of rotatable bonds is 2. The Kier molecular flexibility index (Phi) is 2.21. The van der Waals surface area contributed by atoms with Crippen molar-refractivity contribution in [2.24, 2.45) is 0 Å². The summed E-state index contributed by atoms with van der Waals surface area (Å²) in [5.41, 5.74) is 1.46. The van der Waals surface area contributed by atoms with E-state index in [1.54, 1.807) is 12.1 Å². The second kappa shape index (κ2) is 3.59. The standard InChI is InChI=1S/C12H11ClN2O/c13-11-10-6-8(7-16)4-5-15(10)12(14-11)9-2-1-3-9/h4-7,9H,1-3H2. The summed E-state index contributed by atoms with van der Waals surface area (Å²) < 4.78 is 2.00. The van der Waals surface area contributed by atoms with Crippen molar-refractivity contribution in [2.45, 2.75) is 25.2 Å². The maximum absolute atomic E-state index is 10.7. The lowest BCUT2D eigenvalue weighted by atomic mass is 9.85.